The summed E-state index contributed by atoms with van der Waals surface area (Å²) in [6.45, 7) is 1.18. The van der Waals surface area contributed by atoms with E-state index in [9.17, 15) is 9.90 Å². The number of carbonyl (C=O) groups excluding carboxylic acids is 1. The van der Waals surface area contributed by atoms with Gasteiger partial charge >= 0.3 is 0 Å². The fourth-order valence-electron chi connectivity index (χ4n) is 2.90. The number of aromatic nitrogens is 1. The first kappa shape index (κ1) is 11.5. The summed E-state index contributed by atoms with van der Waals surface area (Å²) in [4.78, 5) is 18.1. The summed E-state index contributed by atoms with van der Waals surface area (Å²) in [6, 6.07) is 1.73. The zero-order valence-electron chi connectivity index (χ0n) is 10.1. The molecule has 3 rings (SSSR count). The first-order chi connectivity index (χ1) is 8.77. The zero-order valence-corrected chi connectivity index (χ0v) is 10.1. The third kappa shape index (κ3) is 1.84. The number of morpholine rings is 1. The number of rotatable bonds is 1. The number of hydrogen-bond donors (Lipinski definition) is 1. The molecule has 5 nitrogen and oxygen atoms in total. The maximum Gasteiger partial charge on any atom is 0.258 e. The van der Waals surface area contributed by atoms with Crippen LogP contribution in [0, 0.1) is 0 Å². The highest BCUT2D eigenvalue weighted by atomic mass is 16.5. The van der Waals surface area contributed by atoms with Gasteiger partial charge in [0.1, 0.15) is 5.75 Å². The lowest BCUT2D eigenvalue weighted by Gasteiger charge is -2.37. The standard InChI is InChI=1S/C13H16N2O3/c16-11-8-14-5-4-9(11)13(17)15-6-7-18-12-3-1-2-10(12)15/h4-5,8,10,12,16H,1-3,6-7H2. The van der Waals surface area contributed by atoms with Crippen molar-refractivity contribution in [3.05, 3.63) is 24.0 Å². The van der Waals surface area contributed by atoms with Gasteiger partial charge in [-0.25, -0.2) is 0 Å². The third-order valence-corrected chi connectivity index (χ3v) is 3.77. The molecule has 1 N–H and O–H groups in total. The molecule has 0 aromatic carbocycles. The predicted molar refractivity (Wildman–Crippen MR) is 64.3 cm³/mol. The van der Waals surface area contributed by atoms with E-state index in [1.54, 1.807) is 6.07 Å². The van der Waals surface area contributed by atoms with Crippen LogP contribution in [0.5, 0.6) is 5.75 Å². The van der Waals surface area contributed by atoms with Crippen molar-refractivity contribution in [1.82, 2.24) is 9.88 Å². The normalized spacial score (nSPS) is 27.0. The van der Waals surface area contributed by atoms with Crippen molar-refractivity contribution in [3.63, 3.8) is 0 Å². The molecular formula is C13H16N2O3. The summed E-state index contributed by atoms with van der Waals surface area (Å²) in [5, 5.41) is 9.71. The molecule has 1 aliphatic heterocycles. The summed E-state index contributed by atoms with van der Waals surface area (Å²) >= 11 is 0. The first-order valence-electron chi connectivity index (χ1n) is 6.33. The minimum Gasteiger partial charge on any atom is -0.505 e. The van der Waals surface area contributed by atoms with E-state index >= 15 is 0 Å². The first-order valence-corrected chi connectivity index (χ1v) is 6.33. The molecule has 1 saturated carbocycles. The Hall–Kier alpha value is -1.62. The summed E-state index contributed by atoms with van der Waals surface area (Å²) in [5.41, 5.74) is 0.331. The molecule has 5 heteroatoms. The highest BCUT2D eigenvalue weighted by molar-refractivity contribution is 5.96. The van der Waals surface area contributed by atoms with Gasteiger partial charge in [0.2, 0.25) is 0 Å². The van der Waals surface area contributed by atoms with Crippen LogP contribution < -0.4 is 0 Å². The second-order valence-electron chi connectivity index (χ2n) is 4.80. The molecule has 18 heavy (non-hydrogen) atoms. The van der Waals surface area contributed by atoms with Gasteiger partial charge < -0.3 is 14.7 Å². The summed E-state index contributed by atoms with van der Waals surface area (Å²) in [5.74, 6) is -0.168. The summed E-state index contributed by atoms with van der Waals surface area (Å²) in [6.07, 6.45) is 6.12. The molecule has 0 spiro atoms. The molecule has 2 fully saturated rings. The molecule has 2 unspecified atom stereocenters. The molecule has 0 radical (unpaired) electrons. The number of nitrogens with zero attached hydrogens (tertiary/aromatic N) is 2. The van der Waals surface area contributed by atoms with E-state index in [4.69, 9.17) is 4.74 Å². The topological polar surface area (TPSA) is 62.7 Å². The molecule has 1 aromatic heterocycles. The molecule has 1 aliphatic carbocycles. The van der Waals surface area contributed by atoms with Crippen molar-refractivity contribution in [2.24, 2.45) is 0 Å². The van der Waals surface area contributed by atoms with Crippen LogP contribution >= 0.6 is 0 Å². The third-order valence-electron chi connectivity index (χ3n) is 3.77. The Morgan fingerprint density at radius 3 is 3.22 bits per heavy atom. The SMILES string of the molecule is O=C(c1ccncc1O)N1CCOC2CCCC21. The largest absolute Gasteiger partial charge is 0.505 e. The maximum absolute atomic E-state index is 12.4. The number of fused-ring (bicyclic) bond motifs is 1. The van der Waals surface area contributed by atoms with Gasteiger partial charge in [0, 0.05) is 12.7 Å². The second-order valence-corrected chi connectivity index (χ2v) is 4.80. The molecule has 2 atom stereocenters. The Morgan fingerprint density at radius 2 is 2.39 bits per heavy atom. The molecule has 2 heterocycles. The van der Waals surface area contributed by atoms with E-state index in [1.165, 1.54) is 12.4 Å². The van der Waals surface area contributed by atoms with Crippen LogP contribution in [0.1, 0.15) is 29.6 Å². The highest BCUT2D eigenvalue weighted by Crippen LogP contribution is 2.31. The average Bonchev–Trinajstić information content (AvgIpc) is 2.86. The number of pyridine rings is 1. The van der Waals surface area contributed by atoms with Crippen LogP contribution in [0.4, 0.5) is 0 Å². The van der Waals surface area contributed by atoms with Gasteiger partial charge in [0.05, 0.1) is 30.5 Å². The molecule has 1 amide bonds. The average molecular weight is 248 g/mol. The summed E-state index contributed by atoms with van der Waals surface area (Å²) < 4.78 is 5.68. The van der Waals surface area contributed by atoms with Crippen LogP contribution in [0.2, 0.25) is 0 Å². The lowest BCUT2D eigenvalue weighted by atomic mass is 10.1. The second kappa shape index (κ2) is 4.57. The number of carbonyl (C=O) groups is 1. The van der Waals surface area contributed by atoms with Gasteiger partial charge in [0.15, 0.2) is 0 Å². The molecular weight excluding hydrogens is 232 g/mol. The Bertz CT molecular complexity index is 463. The Labute approximate surface area is 105 Å². The molecule has 2 aliphatic rings. The van der Waals surface area contributed by atoms with Gasteiger partial charge in [-0.1, -0.05) is 0 Å². The van der Waals surface area contributed by atoms with E-state index in [0.717, 1.165) is 19.3 Å². The summed E-state index contributed by atoms with van der Waals surface area (Å²) in [7, 11) is 0. The fraction of sp³-hybridized carbons (Fsp3) is 0.538. The number of hydrogen-bond acceptors (Lipinski definition) is 4. The maximum atomic E-state index is 12.4. The lowest BCUT2D eigenvalue weighted by Crippen LogP contribution is -2.51. The number of aromatic hydroxyl groups is 1. The van der Waals surface area contributed by atoms with Crippen LogP contribution in [-0.4, -0.2) is 46.2 Å². The Kier molecular flexibility index (Phi) is 2.91. The van der Waals surface area contributed by atoms with Gasteiger partial charge in [-0.2, -0.15) is 0 Å². The number of amides is 1. The molecule has 1 aromatic rings. The highest BCUT2D eigenvalue weighted by Gasteiger charge is 2.39. The van der Waals surface area contributed by atoms with Gasteiger partial charge in [0.25, 0.3) is 5.91 Å². The minimum absolute atomic E-state index is 0.0523. The van der Waals surface area contributed by atoms with E-state index in [2.05, 4.69) is 4.98 Å². The zero-order chi connectivity index (χ0) is 12.5. The predicted octanol–water partition coefficient (Wildman–Crippen LogP) is 1.18. The van der Waals surface area contributed by atoms with Crippen molar-refractivity contribution in [3.8, 4) is 5.75 Å². The molecule has 96 valence electrons. The van der Waals surface area contributed by atoms with Crippen molar-refractivity contribution >= 4 is 5.91 Å². The Morgan fingerprint density at radius 1 is 1.50 bits per heavy atom. The van der Waals surface area contributed by atoms with E-state index in [0.29, 0.717) is 18.7 Å². The van der Waals surface area contributed by atoms with Crippen LogP contribution in [0.3, 0.4) is 0 Å². The Balaban J connectivity index is 1.86. The van der Waals surface area contributed by atoms with Gasteiger partial charge in [-0.05, 0) is 25.3 Å². The van der Waals surface area contributed by atoms with E-state index in [1.807, 2.05) is 4.90 Å². The quantitative estimate of drug-likeness (QED) is 0.810. The van der Waals surface area contributed by atoms with Crippen LogP contribution in [-0.2, 0) is 4.74 Å². The van der Waals surface area contributed by atoms with Crippen LogP contribution in [0.25, 0.3) is 0 Å². The molecule has 1 saturated heterocycles. The minimum atomic E-state index is -0.116. The van der Waals surface area contributed by atoms with Crippen molar-refractivity contribution in [1.29, 1.82) is 0 Å². The molecule has 0 bridgehead atoms. The van der Waals surface area contributed by atoms with E-state index in [-0.39, 0.29) is 23.8 Å². The van der Waals surface area contributed by atoms with E-state index < -0.39 is 0 Å². The fourth-order valence-corrected chi connectivity index (χ4v) is 2.90. The van der Waals surface area contributed by atoms with Crippen molar-refractivity contribution in [2.45, 2.75) is 31.4 Å². The van der Waals surface area contributed by atoms with Gasteiger partial charge in [-0.15, -0.1) is 0 Å². The van der Waals surface area contributed by atoms with Gasteiger partial charge in [-0.3, -0.25) is 9.78 Å². The lowest BCUT2D eigenvalue weighted by molar-refractivity contribution is -0.0446. The van der Waals surface area contributed by atoms with Crippen molar-refractivity contribution in [2.75, 3.05) is 13.2 Å². The van der Waals surface area contributed by atoms with Crippen molar-refractivity contribution < 1.29 is 14.6 Å². The van der Waals surface area contributed by atoms with Crippen LogP contribution in [0.15, 0.2) is 18.5 Å². The monoisotopic (exact) mass is 248 g/mol. The smallest absolute Gasteiger partial charge is 0.258 e. The number of ether oxygens (including phenoxy) is 1.